The van der Waals surface area contributed by atoms with Crippen LogP contribution in [0.15, 0.2) is 72.9 Å². The van der Waals surface area contributed by atoms with Gasteiger partial charge in [0.15, 0.2) is 0 Å². The molecule has 1 aliphatic rings. The Kier molecular flexibility index (Phi) is 9.78. The first-order valence-corrected chi connectivity index (χ1v) is 16.2. The molecule has 0 fully saturated rings. The number of rotatable bonds is 7. The van der Waals surface area contributed by atoms with Crippen LogP contribution in [0.25, 0.3) is 32.9 Å². The summed E-state index contributed by atoms with van der Waals surface area (Å²) in [6.07, 6.45) is 5.15. The highest BCUT2D eigenvalue weighted by Gasteiger charge is 2.24. The Labute approximate surface area is 272 Å². The maximum Gasteiger partial charge on any atom is 0.311 e. The lowest BCUT2D eigenvalue weighted by molar-refractivity contribution is -0.152. The van der Waals surface area contributed by atoms with E-state index < -0.39 is 11.0 Å². The topological polar surface area (TPSA) is 81.5 Å². The second-order valence-corrected chi connectivity index (χ2v) is 13.9. The first-order chi connectivity index (χ1) is 21.8. The minimum Gasteiger partial charge on any atom is -0.493 e. The van der Waals surface area contributed by atoms with E-state index >= 15 is 0 Å². The van der Waals surface area contributed by atoms with Gasteiger partial charge in [0.25, 0.3) is 0 Å². The number of benzene rings is 3. The van der Waals surface area contributed by atoms with E-state index in [1.165, 1.54) is 11.1 Å². The molecule has 6 heteroatoms. The van der Waals surface area contributed by atoms with Crippen molar-refractivity contribution in [1.82, 2.24) is 9.97 Å². The number of hydrogen-bond donors (Lipinski definition) is 1. The monoisotopic (exact) mass is 618 g/mol. The molecule has 3 aromatic carbocycles. The summed E-state index contributed by atoms with van der Waals surface area (Å²) >= 11 is 0. The van der Waals surface area contributed by atoms with E-state index in [4.69, 9.17) is 19.4 Å². The molecule has 240 valence electrons. The second kappa shape index (κ2) is 13.6. The Morgan fingerprint density at radius 2 is 1.72 bits per heavy atom. The molecule has 0 amide bonds. The predicted octanol–water partition coefficient (Wildman–Crippen LogP) is 8.52. The van der Waals surface area contributed by atoms with E-state index in [1.54, 1.807) is 0 Å². The number of aryl methyl sites for hydroxylation is 3. The smallest absolute Gasteiger partial charge is 0.311 e. The van der Waals surface area contributed by atoms with Crippen molar-refractivity contribution in [3.05, 3.63) is 101 Å². The van der Waals surface area contributed by atoms with E-state index in [9.17, 15) is 9.90 Å². The van der Waals surface area contributed by atoms with Gasteiger partial charge in [-0.15, -0.1) is 0 Å². The average molecular weight is 619 g/mol. The molecule has 3 heterocycles. The number of aliphatic hydroxyl groups is 1. The van der Waals surface area contributed by atoms with Gasteiger partial charge in [0, 0.05) is 41.1 Å². The number of carbonyl (C=O) groups is 1. The number of aromatic nitrogens is 2. The van der Waals surface area contributed by atoms with Crippen LogP contribution in [-0.4, -0.2) is 39.9 Å². The van der Waals surface area contributed by atoms with Crippen LogP contribution >= 0.6 is 0 Å². The van der Waals surface area contributed by atoms with Gasteiger partial charge in [0.05, 0.1) is 35.3 Å². The maximum absolute atomic E-state index is 12.4. The third-order valence-electron chi connectivity index (χ3n) is 8.37. The summed E-state index contributed by atoms with van der Waals surface area (Å²) in [6.45, 7) is 14.4. The van der Waals surface area contributed by atoms with Crippen LogP contribution in [0.1, 0.15) is 69.0 Å². The van der Waals surface area contributed by atoms with Crippen LogP contribution in [0.2, 0.25) is 0 Å². The molecular weight excluding hydrogens is 572 g/mol. The van der Waals surface area contributed by atoms with Crippen LogP contribution in [0.5, 0.6) is 5.75 Å². The first-order valence-electron chi connectivity index (χ1n) is 16.2. The van der Waals surface area contributed by atoms with E-state index in [-0.39, 0.29) is 5.97 Å². The predicted molar refractivity (Wildman–Crippen MR) is 186 cm³/mol. The number of nitrogens with zero attached hydrogens (tertiary/aromatic N) is 2. The number of pyridine rings is 2. The molecule has 0 aliphatic carbocycles. The van der Waals surface area contributed by atoms with Gasteiger partial charge in [-0.2, -0.15) is 0 Å². The van der Waals surface area contributed by atoms with Crippen molar-refractivity contribution in [2.24, 2.45) is 5.41 Å². The molecule has 6 nitrogen and oxygen atoms in total. The highest BCUT2D eigenvalue weighted by atomic mass is 16.5. The summed E-state index contributed by atoms with van der Waals surface area (Å²) in [5, 5.41) is 11.6. The van der Waals surface area contributed by atoms with Crippen LogP contribution in [0.3, 0.4) is 0 Å². The van der Waals surface area contributed by atoms with E-state index in [0.717, 1.165) is 74.8 Å². The average Bonchev–Trinajstić information content (AvgIpc) is 3.01. The molecule has 0 bridgehead atoms. The molecule has 1 N–H and O–H groups in total. The third kappa shape index (κ3) is 7.73. The lowest BCUT2D eigenvalue weighted by atomic mass is 9.88. The molecule has 0 saturated heterocycles. The largest absolute Gasteiger partial charge is 0.493 e. The quantitative estimate of drug-likeness (QED) is 0.184. The van der Waals surface area contributed by atoms with E-state index in [2.05, 4.69) is 49.4 Å². The van der Waals surface area contributed by atoms with Crippen LogP contribution < -0.4 is 4.74 Å². The van der Waals surface area contributed by atoms with E-state index in [0.29, 0.717) is 19.6 Å². The summed E-state index contributed by atoms with van der Waals surface area (Å²) in [6, 6.07) is 22.8. The second-order valence-electron chi connectivity index (χ2n) is 13.9. The highest BCUT2D eigenvalue weighted by Crippen LogP contribution is 2.42. The van der Waals surface area contributed by atoms with Gasteiger partial charge in [-0.05, 0) is 119 Å². The highest BCUT2D eigenvalue weighted by molar-refractivity contribution is 6.07. The molecular formula is C40H46N2O4. The fraction of sp³-hybridized carbons (Fsp3) is 0.375. The minimum absolute atomic E-state index is 0.190. The number of hydrogen-bond acceptors (Lipinski definition) is 6. The molecule has 2 aromatic heterocycles. The maximum atomic E-state index is 12.4. The number of esters is 1. The van der Waals surface area contributed by atoms with Crippen molar-refractivity contribution in [2.75, 3.05) is 13.2 Å². The van der Waals surface area contributed by atoms with Gasteiger partial charge >= 0.3 is 5.97 Å². The molecule has 1 aliphatic heterocycles. The van der Waals surface area contributed by atoms with Crippen molar-refractivity contribution in [3.63, 3.8) is 0 Å². The van der Waals surface area contributed by atoms with E-state index in [1.807, 2.05) is 72.0 Å². The molecule has 5 aromatic rings. The molecule has 46 heavy (non-hydrogen) atoms. The fourth-order valence-corrected chi connectivity index (χ4v) is 5.84. The van der Waals surface area contributed by atoms with Gasteiger partial charge in [-0.1, -0.05) is 36.4 Å². The summed E-state index contributed by atoms with van der Waals surface area (Å²) in [4.78, 5) is 22.0. The molecule has 0 unspecified atom stereocenters. The standard InChI is InChI=1S/C29H30N2O3.C11H16O/c1-17-16-23-21(7-6-18(2)31-23)26(20(17)12-15-34-28(32)29(3,4)5)22-8-9-24-25-19(11-14-33-24)10-13-30-27(22)25;1-11(2,12)9-8-10-6-4-3-5-7-10/h6-10,13,16H,11-12,14-15H2,1-5H3;3-7,12H,8-9H2,1-2H3. The SMILES string of the molecule is CC(C)(O)CCc1ccccc1.Cc1ccc2c(-c3ccc4c5c(ccnc35)CCO4)c(CCOC(=O)C(C)(C)C)c(C)cc2n1. The summed E-state index contributed by atoms with van der Waals surface area (Å²) in [5.74, 6) is 0.699. The number of carbonyl (C=O) groups excluding carboxylic acids is 1. The summed E-state index contributed by atoms with van der Waals surface area (Å²) in [5.41, 5.74) is 8.81. The number of ether oxygens (including phenoxy) is 2. The van der Waals surface area contributed by atoms with Crippen LogP contribution in [0, 0.1) is 19.3 Å². The van der Waals surface area contributed by atoms with Crippen LogP contribution in [-0.2, 0) is 28.8 Å². The Balaban J connectivity index is 0.000000293. The van der Waals surface area contributed by atoms with Gasteiger partial charge in [-0.3, -0.25) is 14.8 Å². The van der Waals surface area contributed by atoms with Gasteiger partial charge in [0.2, 0.25) is 0 Å². The zero-order valence-corrected chi connectivity index (χ0v) is 28.2. The van der Waals surface area contributed by atoms with Crippen molar-refractivity contribution in [2.45, 2.75) is 79.8 Å². The van der Waals surface area contributed by atoms with Crippen molar-refractivity contribution in [1.29, 1.82) is 0 Å². The third-order valence-corrected chi connectivity index (χ3v) is 8.37. The van der Waals surface area contributed by atoms with Crippen molar-refractivity contribution >= 4 is 27.8 Å². The van der Waals surface area contributed by atoms with Gasteiger partial charge in [-0.25, -0.2) is 0 Å². The Morgan fingerprint density at radius 3 is 2.43 bits per heavy atom. The lowest BCUT2D eigenvalue weighted by Gasteiger charge is -2.22. The van der Waals surface area contributed by atoms with Gasteiger partial charge in [0.1, 0.15) is 5.75 Å². The molecule has 0 saturated carbocycles. The Bertz CT molecular complexity index is 1840. The molecule has 0 spiro atoms. The van der Waals surface area contributed by atoms with Crippen molar-refractivity contribution in [3.8, 4) is 16.9 Å². The zero-order valence-electron chi connectivity index (χ0n) is 28.2. The normalized spacial score (nSPS) is 12.8. The molecule has 0 radical (unpaired) electrons. The first kappa shape index (κ1) is 33.1. The molecule has 0 atom stereocenters. The van der Waals surface area contributed by atoms with Crippen LogP contribution in [0.4, 0.5) is 0 Å². The van der Waals surface area contributed by atoms with Crippen molar-refractivity contribution < 1.29 is 19.4 Å². The lowest BCUT2D eigenvalue weighted by Crippen LogP contribution is -2.24. The summed E-state index contributed by atoms with van der Waals surface area (Å²) < 4.78 is 11.6. The summed E-state index contributed by atoms with van der Waals surface area (Å²) in [7, 11) is 0. The molecule has 6 rings (SSSR count). The van der Waals surface area contributed by atoms with Gasteiger partial charge < -0.3 is 14.6 Å². The Morgan fingerprint density at radius 1 is 0.957 bits per heavy atom. The fourth-order valence-electron chi connectivity index (χ4n) is 5.84. The minimum atomic E-state index is -0.546. The zero-order chi connectivity index (χ0) is 33.1. The number of fused-ring (bicyclic) bond motifs is 1. The Hall–Kier alpha value is -4.29.